The summed E-state index contributed by atoms with van der Waals surface area (Å²) in [5.41, 5.74) is 2.41. The van der Waals surface area contributed by atoms with Gasteiger partial charge < -0.3 is 5.11 Å². The Kier molecular flexibility index (Phi) is 5.12. The minimum absolute atomic E-state index is 0.181. The van der Waals surface area contributed by atoms with Gasteiger partial charge in [-0.3, -0.25) is 0 Å². The van der Waals surface area contributed by atoms with Crippen molar-refractivity contribution in [3.05, 3.63) is 40.5 Å². The molecule has 2 rings (SSSR count). The van der Waals surface area contributed by atoms with E-state index in [0.29, 0.717) is 5.92 Å². The van der Waals surface area contributed by atoms with Gasteiger partial charge in [0, 0.05) is 0 Å². The molecule has 3 nitrogen and oxygen atoms in total. The molecule has 112 valence electrons. The quantitative estimate of drug-likeness (QED) is 0.844. The van der Waals surface area contributed by atoms with Crippen LogP contribution in [-0.2, 0) is 12.8 Å². The summed E-state index contributed by atoms with van der Waals surface area (Å²) in [6.45, 7) is 6.45. The molecule has 1 heterocycles. The Balaban J connectivity index is 2.34. The van der Waals surface area contributed by atoms with Crippen LogP contribution in [0.4, 0.5) is 0 Å². The van der Waals surface area contributed by atoms with E-state index in [1.54, 1.807) is 0 Å². The molecule has 0 spiro atoms. The fourth-order valence-corrected chi connectivity index (χ4v) is 3.45. The van der Waals surface area contributed by atoms with Gasteiger partial charge in [0.15, 0.2) is 5.69 Å². The summed E-state index contributed by atoms with van der Waals surface area (Å²) < 4.78 is 0. The first-order valence-electron chi connectivity index (χ1n) is 7.33. The molecule has 0 fully saturated rings. The summed E-state index contributed by atoms with van der Waals surface area (Å²) in [7, 11) is 0. The van der Waals surface area contributed by atoms with E-state index in [9.17, 15) is 9.90 Å². The molecule has 2 aromatic rings. The highest BCUT2D eigenvalue weighted by atomic mass is 32.1. The third-order valence-electron chi connectivity index (χ3n) is 3.20. The molecule has 0 saturated carbocycles. The summed E-state index contributed by atoms with van der Waals surface area (Å²) in [6, 6.07) is 8.18. The van der Waals surface area contributed by atoms with Gasteiger partial charge in [-0.25, -0.2) is 9.78 Å². The number of benzene rings is 1. The molecule has 0 bridgehead atoms. The lowest BCUT2D eigenvalue weighted by molar-refractivity contribution is 0.0692. The van der Waals surface area contributed by atoms with E-state index in [2.05, 4.69) is 37.9 Å². The Labute approximate surface area is 129 Å². The van der Waals surface area contributed by atoms with Gasteiger partial charge in [-0.05, 0) is 36.3 Å². The molecule has 0 aliphatic carbocycles. The average molecular weight is 303 g/mol. The molecule has 4 heteroatoms. The van der Waals surface area contributed by atoms with Gasteiger partial charge in [0.1, 0.15) is 0 Å². The number of aromatic nitrogens is 1. The number of carbonyl (C=O) groups is 1. The second-order valence-electron chi connectivity index (χ2n) is 5.64. The molecule has 1 N–H and O–H groups in total. The van der Waals surface area contributed by atoms with Crippen molar-refractivity contribution in [2.45, 2.75) is 40.0 Å². The molecule has 0 aliphatic heterocycles. The molecule has 0 aliphatic rings. The van der Waals surface area contributed by atoms with Crippen LogP contribution < -0.4 is 0 Å². The first-order valence-corrected chi connectivity index (χ1v) is 8.15. The van der Waals surface area contributed by atoms with Crippen LogP contribution in [-0.4, -0.2) is 16.1 Å². The van der Waals surface area contributed by atoms with Crippen molar-refractivity contribution < 1.29 is 9.90 Å². The van der Waals surface area contributed by atoms with Crippen LogP contribution in [0.5, 0.6) is 0 Å². The third kappa shape index (κ3) is 3.91. The maximum atomic E-state index is 11.4. The summed E-state index contributed by atoms with van der Waals surface area (Å²) in [6.07, 6.45) is 2.84. The highest BCUT2D eigenvalue weighted by Crippen LogP contribution is 2.31. The molecule has 1 aromatic heterocycles. The number of nitrogens with zero attached hydrogens (tertiary/aromatic N) is 1. The van der Waals surface area contributed by atoms with E-state index in [4.69, 9.17) is 0 Å². The lowest BCUT2D eigenvalue weighted by Crippen LogP contribution is -1.99. The molecule has 0 radical (unpaired) electrons. The highest BCUT2D eigenvalue weighted by Gasteiger charge is 2.18. The molecule has 0 amide bonds. The van der Waals surface area contributed by atoms with E-state index in [1.807, 2.05) is 12.1 Å². The normalized spacial score (nSPS) is 11.0. The first-order chi connectivity index (χ1) is 10.0. The van der Waals surface area contributed by atoms with Crippen molar-refractivity contribution in [3.8, 4) is 10.4 Å². The molecule has 1 aromatic carbocycles. The summed E-state index contributed by atoms with van der Waals surface area (Å²) in [4.78, 5) is 16.4. The van der Waals surface area contributed by atoms with Gasteiger partial charge in [0.05, 0.1) is 9.88 Å². The van der Waals surface area contributed by atoms with E-state index < -0.39 is 5.97 Å². The van der Waals surface area contributed by atoms with Crippen LogP contribution >= 0.6 is 11.3 Å². The number of rotatable bonds is 6. The van der Waals surface area contributed by atoms with Crippen LogP contribution in [0.15, 0.2) is 24.3 Å². The first kappa shape index (κ1) is 15.7. The van der Waals surface area contributed by atoms with Crippen molar-refractivity contribution in [2.24, 2.45) is 5.92 Å². The maximum Gasteiger partial charge on any atom is 0.356 e. The van der Waals surface area contributed by atoms with E-state index in [1.165, 1.54) is 16.9 Å². The molecule has 0 atom stereocenters. The standard InChI is InChI=1S/C17H21NO2S/c1-4-5-14-18-15(17(19)20)16(21-14)13-8-6-12(7-9-13)10-11(2)3/h6-9,11H,4-5,10H2,1-3H3,(H,19,20). The van der Waals surface area contributed by atoms with Gasteiger partial charge in [0.25, 0.3) is 0 Å². The molecular formula is C17H21NO2S. The van der Waals surface area contributed by atoms with Crippen LogP contribution in [0.2, 0.25) is 0 Å². The van der Waals surface area contributed by atoms with E-state index >= 15 is 0 Å². The SMILES string of the molecule is CCCc1nc(C(=O)O)c(-c2ccc(CC(C)C)cc2)s1. The number of aryl methyl sites for hydroxylation is 1. The van der Waals surface area contributed by atoms with Crippen molar-refractivity contribution in [2.75, 3.05) is 0 Å². The predicted molar refractivity (Wildman–Crippen MR) is 87.0 cm³/mol. The Morgan fingerprint density at radius 2 is 1.95 bits per heavy atom. The number of carboxylic acid groups (broad SMARTS) is 1. The smallest absolute Gasteiger partial charge is 0.356 e. The monoisotopic (exact) mass is 303 g/mol. The lowest BCUT2D eigenvalue weighted by atomic mass is 10.0. The topological polar surface area (TPSA) is 50.2 Å². The molecule has 21 heavy (non-hydrogen) atoms. The summed E-state index contributed by atoms with van der Waals surface area (Å²) >= 11 is 1.49. The number of hydrogen-bond acceptors (Lipinski definition) is 3. The molecule has 0 saturated heterocycles. The van der Waals surface area contributed by atoms with Crippen LogP contribution in [0.3, 0.4) is 0 Å². The van der Waals surface area contributed by atoms with Crippen LogP contribution in [0.1, 0.15) is 48.3 Å². The minimum Gasteiger partial charge on any atom is -0.476 e. The Morgan fingerprint density at radius 1 is 1.29 bits per heavy atom. The number of hydrogen-bond donors (Lipinski definition) is 1. The molecular weight excluding hydrogens is 282 g/mol. The predicted octanol–water partition coefficient (Wildman–Crippen LogP) is 4.66. The average Bonchev–Trinajstić information content (AvgIpc) is 2.83. The van der Waals surface area contributed by atoms with Crippen molar-refractivity contribution >= 4 is 17.3 Å². The van der Waals surface area contributed by atoms with Gasteiger partial charge >= 0.3 is 5.97 Å². The molecule has 0 unspecified atom stereocenters. The zero-order valence-corrected chi connectivity index (χ0v) is 13.5. The zero-order valence-electron chi connectivity index (χ0n) is 12.7. The maximum absolute atomic E-state index is 11.4. The summed E-state index contributed by atoms with van der Waals surface area (Å²) in [5.74, 6) is -0.333. The minimum atomic E-state index is -0.949. The van der Waals surface area contributed by atoms with E-state index in [-0.39, 0.29) is 5.69 Å². The number of carboxylic acids is 1. The van der Waals surface area contributed by atoms with Gasteiger partial charge in [-0.15, -0.1) is 11.3 Å². The second-order valence-corrected chi connectivity index (χ2v) is 6.72. The number of thiazole rings is 1. The van der Waals surface area contributed by atoms with Crippen molar-refractivity contribution in [1.82, 2.24) is 4.98 Å². The van der Waals surface area contributed by atoms with E-state index in [0.717, 1.165) is 34.7 Å². The Bertz CT molecular complexity index is 614. The lowest BCUT2D eigenvalue weighted by Gasteiger charge is -2.06. The van der Waals surface area contributed by atoms with Crippen molar-refractivity contribution in [1.29, 1.82) is 0 Å². The largest absolute Gasteiger partial charge is 0.476 e. The van der Waals surface area contributed by atoms with Crippen LogP contribution in [0.25, 0.3) is 10.4 Å². The van der Waals surface area contributed by atoms with Gasteiger partial charge in [0.2, 0.25) is 0 Å². The zero-order chi connectivity index (χ0) is 15.4. The fraction of sp³-hybridized carbons (Fsp3) is 0.412. The highest BCUT2D eigenvalue weighted by molar-refractivity contribution is 7.15. The fourth-order valence-electron chi connectivity index (χ4n) is 2.29. The van der Waals surface area contributed by atoms with Gasteiger partial charge in [-0.2, -0.15) is 0 Å². The Morgan fingerprint density at radius 3 is 2.48 bits per heavy atom. The van der Waals surface area contributed by atoms with Crippen molar-refractivity contribution in [3.63, 3.8) is 0 Å². The third-order valence-corrected chi connectivity index (χ3v) is 4.36. The second kappa shape index (κ2) is 6.85. The summed E-state index contributed by atoms with van der Waals surface area (Å²) in [5, 5.41) is 10.2. The number of aromatic carboxylic acids is 1. The van der Waals surface area contributed by atoms with Crippen LogP contribution in [0, 0.1) is 5.92 Å². The Hall–Kier alpha value is -1.68. The van der Waals surface area contributed by atoms with Gasteiger partial charge in [-0.1, -0.05) is 45.0 Å².